The minimum Gasteiger partial charge on any atom is -0.470 e. The molecule has 0 aliphatic carbocycles. The molecular weight excluding hydrogens is 517 g/mol. The molecule has 4 aromatic rings. The third-order valence-electron chi connectivity index (χ3n) is 5.14. The van der Waals surface area contributed by atoms with Crippen molar-refractivity contribution in [2.24, 2.45) is 0 Å². The Morgan fingerprint density at radius 1 is 1.11 bits per heavy atom. The summed E-state index contributed by atoms with van der Waals surface area (Å²) in [5.41, 5.74) is 0.746. The maximum Gasteiger partial charge on any atom is 0.276 e. The topological polar surface area (TPSA) is 103 Å². The molecular formula is C25H23BrFN5O3. The Kier molecular flexibility index (Phi) is 6.77. The van der Waals surface area contributed by atoms with Gasteiger partial charge in [0.15, 0.2) is 11.6 Å². The van der Waals surface area contributed by atoms with Gasteiger partial charge in [-0.15, -0.1) is 0 Å². The molecule has 0 saturated carbocycles. The third-order valence-corrected chi connectivity index (χ3v) is 5.82. The first-order valence-corrected chi connectivity index (χ1v) is 11.5. The van der Waals surface area contributed by atoms with Gasteiger partial charge in [-0.1, -0.05) is 18.2 Å². The largest absolute Gasteiger partial charge is 0.470 e. The second kappa shape index (κ2) is 9.63. The van der Waals surface area contributed by atoms with E-state index >= 15 is 0 Å². The molecule has 0 amide bonds. The molecule has 0 spiro atoms. The van der Waals surface area contributed by atoms with E-state index in [1.165, 1.54) is 18.4 Å². The van der Waals surface area contributed by atoms with Crippen LogP contribution in [0.2, 0.25) is 0 Å². The molecule has 0 aliphatic heterocycles. The van der Waals surface area contributed by atoms with Gasteiger partial charge in [0.2, 0.25) is 5.88 Å². The van der Waals surface area contributed by atoms with Crippen LogP contribution in [0.5, 0.6) is 5.88 Å². The molecule has 0 aliphatic rings. The number of hydrogen-bond donors (Lipinski definition) is 1. The van der Waals surface area contributed by atoms with Crippen molar-refractivity contribution in [3.8, 4) is 22.8 Å². The fraction of sp³-hybridized carbons (Fsp3) is 0.240. The number of pyridine rings is 1. The highest BCUT2D eigenvalue weighted by atomic mass is 79.9. The molecule has 1 N–H and O–H groups in total. The molecule has 0 saturated heterocycles. The van der Waals surface area contributed by atoms with Gasteiger partial charge in [-0.2, -0.15) is 4.98 Å². The zero-order valence-electron chi connectivity index (χ0n) is 19.6. The summed E-state index contributed by atoms with van der Waals surface area (Å²) < 4.78 is 21.9. The molecule has 180 valence electrons. The number of aromatic nitrogens is 5. The molecule has 0 bridgehead atoms. The van der Waals surface area contributed by atoms with E-state index in [0.717, 1.165) is 11.9 Å². The summed E-state index contributed by atoms with van der Waals surface area (Å²) >= 11 is 3.31. The summed E-state index contributed by atoms with van der Waals surface area (Å²) in [6, 6.07) is 12.3. The molecule has 0 radical (unpaired) electrons. The first-order chi connectivity index (χ1) is 16.5. The van der Waals surface area contributed by atoms with Crippen LogP contribution in [0, 0.1) is 19.7 Å². The highest BCUT2D eigenvalue weighted by Crippen LogP contribution is 2.27. The van der Waals surface area contributed by atoms with Gasteiger partial charge in [-0.05, 0) is 67.9 Å². The zero-order chi connectivity index (χ0) is 25.3. The Balaban J connectivity index is 1.71. The van der Waals surface area contributed by atoms with Gasteiger partial charge in [0.1, 0.15) is 28.2 Å². The lowest BCUT2D eigenvalue weighted by Gasteiger charge is -2.17. The number of aliphatic hydroxyl groups is 1. The van der Waals surface area contributed by atoms with Crippen molar-refractivity contribution in [2.45, 2.75) is 39.9 Å². The van der Waals surface area contributed by atoms with Crippen molar-refractivity contribution in [3.63, 3.8) is 0 Å². The number of benzene rings is 1. The van der Waals surface area contributed by atoms with Crippen molar-refractivity contribution in [3.05, 3.63) is 92.3 Å². The molecule has 1 aromatic carbocycles. The zero-order valence-corrected chi connectivity index (χ0v) is 21.2. The van der Waals surface area contributed by atoms with Crippen LogP contribution in [-0.4, -0.2) is 29.6 Å². The monoisotopic (exact) mass is 539 g/mol. The predicted molar refractivity (Wildman–Crippen MR) is 132 cm³/mol. The highest BCUT2D eigenvalue weighted by molar-refractivity contribution is 9.10. The quantitative estimate of drug-likeness (QED) is 0.387. The molecule has 8 nitrogen and oxygen atoms in total. The third kappa shape index (κ3) is 5.28. The minimum absolute atomic E-state index is 0.0160. The van der Waals surface area contributed by atoms with Crippen LogP contribution < -0.4 is 10.3 Å². The van der Waals surface area contributed by atoms with E-state index in [-0.39, 0.29) is 34.0 Å². The smallest absolute Gasteiger partial charge is 0.276 e. The molecule has 4 rings (SSSR count). The van der Waals surface area contributed by atoms with Crippen molar-refractivity contribution in [1.82, 2.24) is 24.5 Å². The first kappa shape index (κ1) is 24.6. The maximum atomic E-state index is 14.6. The van der Waals surface area contributed by atoms with Crippen molar-refractivity contribution < 1.29 is 14.2 Å². The summed E-state index contributed by atoms with van der Waals surface area (Å²) in [4.78, 5) is 30.2. The van der Waals surface area contributed by atoms with Gasteiger partial charge < -0.3 is 9.84 Å². The molecule has 0 fully saturated rings. The van der Waals surface area contributed by atoms with E-state index in [2.05, 4.69) is 35.9 Å². The van der Waals surface area contributed by atoms with Crippen LogP contribution in [0.3, 0.4) is 0 Å². The predicted octanol–water partition coefficient (Wildman–Crippen LogP) is 4.41. The van der Waals surface area contributed by atoms with E-state index < -0.39 is 11.4 Å². The fourth-order valence-electron chi connectivity index (χ4n) is 3.46. The first-order valence-electron chi connectivity index (χ1n) is 10.8. The van der Waals surface area contributed by atoms with Crippen molar-refractivity contribution in [1.29, 1.82) is 0 Å². The second-order valence-electron chi connectivity index (χ2n) is 8.48. The van der Waals surface area contributed by atoms with Gasteiger partial charge in [0, 0.05) is 11.3 Å². The second-order valence-corrected chi connectivity index (χ2v) is 9.27. The SMILES string of the molecule is Cc1cccc(COc2nc(C)n(-c3cccc(-c4nc(C(C)(C)O)ncc4F)c3)c(=O)c2Br)n1. The van der Waals surface area contributed by atoms with Gasteiger partial charge >= 0.3 is 0 Å². The van der Waals surface area contributed by atoms with Crippen LogP contribution in [0.15, 0.2) is 57.9 Å². The van der Waals surface area contributed by atoms with Crippen LogP contribution in [0.25, 0.3) is 16.9 Å². The van der Waals surface area contributed by atoms with Gasteiger partial charge in [0.05, 0.1) is 17.6 Å². The normalized spacial score (nSPS) is 11.5. The van der Waals surface area contributed by atoms with E-state index in [1.54, 1.807) is 31.2 Å². The van der Waals surface area contributed by atoms with E-state index in [0.29, 0.717) is 22.8 Å². The molecule has 0 atom stereocenters. The Hall–Kier alpha value is -3.50. The number of hydrogen-bond acceptors (Lipinski definition) is 7. The number of aryl methyl sites for hydroxylation is 2. The fourth-order valence-corrected chi connectivity index (χ4v) is 3.84. The lowest BCUT2D eigenvalue weighted by molar-refractivity contribution is 0.0686. The van der Waals surface area contributed by atoms with E-state index in [4.69, 9.17) is 4.74 Å². The Morgan fingerprint density at radius 2 is 1.86 bits per heavy atom. The molecule has 35 heavy (non-hydrogen) atoms. The van der Waals surface area contributed by atoms with Crippen molar-refractivity contribution >= 4 is 15.9 Å². The Bertz CT molecular complexity index is 1470. The number of nitrogens with zero attached hydrogens (tertiary/aromatic N) is 5. The average Bonchev–Trinajstić information content (AvgIpc) is 2.80. The number of rotatable bonds is 6. The number of halogens is 2. The molecule has 3 heterocycles. The Labute approximate surface area is 209 Å². The molecule has 0 unspecified atom stereocenters. The van der Waals surface area contributed by atoms with Crippen LogP contribution >= 0.6 is 15.9 Å². The van der Waals surface area contributed by atoms with Gasteiger partial charge in [-0.25, -0.2) is 14.4 Å². The lowest BCUT2D eigenvalue weighted by atomic mass is 10.1. The summed E-state index contributed by atoms with van der Waals surface area (Å²) in [7, 11) is 0. The lowest BCUT2D eigenvalue weighted by Crippen LogP contribution is -2.24. The molecule has 10 heteroatoms. The number of ether oxygens (including phenoxy) is 1. The van der Waals surface area contributed by atoms with E-state index in [9.17, 15) is 14.3 Å². The van der Waals surface area contributed by atoms with Crippen molar-refractivity contribution in [2.75, 3.05) is 0 Å². The summed E-state index contributed by atoms with van der Waals surface area (Å²) in [5.74, 6) is -0.0311. The van der Waals surface area contributed by atoms with Crippen LogP contribution in [0.1, 0.15) is 36.9 Å². The average molecular weight is 540 g/mol. The van der Waals surface area contributed by atoms with Crippen LogP contribution in [-0.2, 0) is 12.2 Å². The standard InChI is InChI=1S/C25H23BrFN5O3/c1-14-7-5-9-17(29-14)13-35-22-20(26)23(33)32(15(2)30-22)18-10-6-8-16(11-18)21-19(27)12-28-24(31-21)25(3,4)34/h5-12,34H,13H2,1-4H3. The summed E-state index contributed by atoms with van der Waals surface area (Å²) in [6.45, 7) is 6.75. The van der Waals surface area contributed by atoms with Gasteiger partial charge in [0.25, 0.3) is 5.56 Å². The Morgan fingerprint density at radius 3 is 2.57 bits per heavy atom. The highest BCUT2D eigenvalue weighted by Gasteiger charge is 2.22. The summed E-state index contributed by atoms with van der Waals surface area (Å²) in [5, 5.41) is 10.2. The minimum atomic E-state index is -1.34. The maximum absolute atomic E-state index is 14.6. The molecule has 3 aromatic heterocycles. The van der Waals surface area contributed by atoms with Crippen LogP contribution in [0.4, 0.5) is 4.39 Å². The van der Waals surface area contributed by atoms with E-state index in [1.807, 2.05) is 25.1 Å². The van der Waals surface area contributed by atoms with Gasteiger partial charge in [-0.3, -0.25) is 14.3 Å². The summed E-state index contributed by atoms with van der Waals surface area (Å²) in [6.07, 6.45) is 1.02.